The number of carbonyl (C=O) groups excluding carboxylic acids is 1. The summed E-state index contributed by atoms with van der Waals surface area (Å²) in [4.78, 5) is 11.7. The van der Waals surface area contributed by atoms with Gasteiger partial charge < -0.3 is 15.6 Å². The fourth-order valence-corrected chi connectivity index (χ4v) is 1.51. The Bertz CT molecular complexity index is 510. The average molecular weight is 261 g/mol. The normalized spacial score (nSPS) is 9.63. The molecule has 0 unspecified atom stereocenters. The molecule has 0 aliphatic rings. The second-order valence-corrected chi connectivity index (χ2v) is 4.35. The number of hydrogen-bond acceptors (Lipinski definition) is 4. The minimum Gasteiger partial charge on any atom is -0.502 e. The third kappa shape index (κ3) is 5.42. The van der Waals surface area contributed by atoms with Crippen LogP contribution in [0.25, 0.3) is 0 Å². The summed E-state index contributed by atoms with van der Waals surface area (Å²) in [6.45, 7) is 4.03. The minimum absolute atomic E-state index is 0.0167. The van der Waals surface area contributed by atoms with Crippen molar-refractivity contribution >= 4 is 5.78 Å². The number of carbonyl (C=O) groups is 1. The molecule has 102 valence electrons. The Morgan fingerprint density at radius 3 is 2.79 bits per heavy atom. The molecule has 0 aromatic heterocycles. The van der Waals surface area contributed by atoms with Crippen LogP contribution in [-0.2, 0) is 0 Å². The maximum absolute atomic E-state index is 11.7. The van der Waals surface area contributed by atoms with Crippen molar-refractivity contribution < 1.29 is 14.6 Å². The van der Waals surface area contributed by atoms with Gasteiger partial charge >= 0.3 is 0 Å². The molecule has 0 saturated carbocycles. The lowest BCUT2D eigenvalue weighted by Gasteiger charge is -2.06. The van der Waals surface area contributed by atoms with E-state index in [1.54, 1.807) is 24.3 Å². The van der Waals surface area contributed by atoms with Crippen molar-refractivity contribution in [2.45, 2.75) is 20.3 Å². The standard InChI is InChI=1S/C15H19NO3/c1-11(2)8-13(17)10-19-14-5-3-4-12(9-14)15(18)6-7-16/h3-5,9,17H,6-7,10,16H2,1-2H3. The SMILES string of the molecule is CC(C)=C=C(O)COc1cccc(C(=O)CCN)c1. The number of ether oxygens (including phenoxy) is 1. The Balaban J connectivity index is 2.73. The van der Waals surface area contributed by atoms with Crippen molar-refractivity contribution in [3.05, 3.63) is 46.9 Å². The predicted molar refractivity (Wildman–Crippen MR) is 74.5 cm³/mol. The van der Waals surface area contributed by atoms with Crippen LogP contribution in [0.3, 0.4) is 0 Å². The Morgan fingerprint density at radius 1 is 1.42 bits per heavy atom. The predicted octanol–water partition coefficient (Wildman–Crippen LogP) is 2.60. The van der Waals surface area contributed by atoms with Gasteiger partial charge in [0.05, 0.1) is 0 Å². The molecule has 0 spiro atoms. The van der Waals surface area contributed by atoms with E-state index in [9.17, 15) is 9.90 Å². The average Bonchev–Trinajstić information content (AvgIpc) is 2.36. The van der Waals surface area contributed by atoms with Crippen molar-refractivity contribution in [2.75, 3.05) is 13.2 Å². The maximum atomic E-state index is 11.7. The summed E-state index contributed by atoms with van der Waals surface area (Å²) in [6.07, 6.45) is 0.312. The van der Waals surface area contributed by atoms with Gasteiger partial charge in [0.15, 0.2) is 18.1 Å². The number of ketones is 1. The van der Waals surface area contributed by atoms with Crippen molar-refractivity contribution in [2.24, 2.45) is 5.73 Å². The molecule has 0 aliphatic carbocycles. The molecule has 0 atom stereocenters. The highest BCUT2D eigenvalue weighted by Crippen LogP contribution is 2.15. The summed E-state index contributed by atoms with van der Waals surface area (Å²) >= 11 is 0. The molecule has 0 bridgehead atoms. The Labute approximate surface area is 113 Å². The topological polar surface area (TPSA) is 72.5 Å². The van der Waals surface area contributed by atoms with Crippen LogP contribution in [0.4, 0.5) is 0 Å². The van der Waals surface area contributed by atoms with Crippen molar-refractivity contribution in [3.8, 4) is 5.75 Å². The van der Waals surface area contributed by atoms with Gasteiger partial charge in [0.1, 0.15) is 5.75 Å². The van der Waals surface area contributed by atoms with Crippen LogP contribution in [0.2, 0.25) is 0 Å². The minimum atomic E-state index is -0.0167. The molecule has 1 aromatic rings. The smallest absolute Gasteiger partial charge is 0.173 e. The highest BCUT2D eigenvalue weighted by atomic mass is 16.5. The third-order valence-electron chi connectivity index (χ3n) is 2.30. The highest BCUT2D eigenvalue weighted by Gasteiger charge is 2.06. The zero-order chi connectivity index (χ0) is 14.3. The molecule has 0 heterocycles. The molecule has 0 radical (unpaired) electrons. The number of aliphatic hydroxyl groups is 1. The Hall–Kier alpha value is -2.03. The molecule has 0 aliphatic heterocycles. The largest absolute Gasteiger partial charge is 0.502 e. The first-order valence-corrected chi connectivity index (χ1v) is 6.11. The van der Waals surface area contributed by atoms with Gasteiger partial charge in [0, 0.05) is 12.0 Å². The molecule has 19 heavy (non-hydrogen) atoms. The third-order valence-corrected chi connectivity index (χ3v) is 2.30. The summed E-state index contributed by atoms with van der Waals surface area (Å²) in [5, 5.41) is 9.52. The van der Waals surface area contributed by atoms with Gasteiger partial charge in [-0.05, 0) is 38.1 Å². The zero-order valence-electron chi connectivity index (χ0n) is 11.3. The first-order valence-electron chi connectivity index (χ1n) is 6.11. The Kier molecular flexibility index (Phi) is 5.86. The van der Waals surface area contributed by atoms with E-state index < -0.39 is 0 Å². The fourth-order valence-electron chi connectivity index (χ4n) is 1.51. The van der Waals surface area contributed by atoms with Crippen LogP contribution in [0.1, 0.15) is 30.6 Å². The number of rotatable bonds is 6. The molecule has 0 amide bonds. The lowest BCUT2D eigenvalue weighted by molar-refractivity contribution is 0.0985. The number of Topliss-reactive ketones (excluding diaryl/α,β-unsaturated/α-hetero) is 1. The lowest BCUT2D eigenvalue weighted by Crippen LogP contribution is -2.08. The fraction of sp³-hybridized carbons (Fsp3) is 0.333. The molecule has 1 rings (SSSR count). The van der Waals surface area contributed by atoms with E-state index >= 15 is 0 Å². The molecule has 0 saturated heterocycles. The molecule has 3 N–H and O–H groups in total. The van der Waals surface area contributed by atoms with E-state index in [1.165, 1.54) is 0 Å². The summed E-state index contributed by atoms with van der Waals surface area (Å²) in [6, 6.07) is 6.83. The summed E-state index contributed by atoms with van der Waals surface area (Å²) in [7, 11) is 0. The second kappa shape index (κ2) is 7.41. The van der Waals surface area contributed by atoms with Gasteiger partial charge in [-0.2, -0.15) is 0 Å². The van der Waals surface area contributed by atoms with Crippen molar-refractivity contribution in [1.82, 2.24) is 0 Å². The first kappa shape index (κ1) is 15.0. The number of aliphatic hydroxyl groups excluding tert-OH is 1. The van der Waals surface area contributed by atoms with E-state index in [0.29, 0.717) is 24.3 Å². The van der Waals surface area contributed by atoms with Gasteiger partial charge in [0.25, 0.3) is 0 Å². The monoisotopic (exact) mass is 261 g/mol. The maximum Gasteiger partial charge on any atom is 0.173 e. The number of nitrogens with two attached hydrogens (primary N) is 1. The number of benzene rings is 1. The molecular formula is C15H19NO3. The molecule has 1 aromatic carbocycles. The molecule has 4 heteroatoms. The van der Waals surface area contributed by atoms with E-state index in [4.69, 9.17) is 10.5 Å². The van der Waals surface area contributed by atoms with Crippen molar-refractivity contribution in [3.63, 3.8) is 0 Å². The molecular weight excluding hydrogens is 242 g/mol. The van der Waals surface area contributed by atoms with Gasteiger partial charge in [-0.15, -0.1) is 0 Å². The summed E-state index contributed by atoms with van der Waals surface area (Å²) in [5.41, 5.74) is 9.53. The Morgan fingerprint density at radius 2 is 2.16 bits per heavy atom. The van der Waals surface area contributed by atoms with Gasteiger partial charge in [-0.3, -0.25) is 4.79 Å². The van der Waals surface area contributed by atoms with Gasteiger partial charge in [0.2, 0.25) is 0 Å². The van der Waals surface area contributed by atoms with Crippen LogP contribution in [0.5, 0.6) is 5.75 Å². The second-order valence-electron chi connectivity index (χ2n) is 4.35. The van der Waals surface area contributed by atoms with E-state index in [0.717, 1.165) is 5.57 Å². The van der Waals surface area contributed by atoms with E-state index in [2.05, 4.69) is 5.73 Å². The number of hydrogen-bond donors (Lipinski definition) is 2. The van der Waals surface area contributed by atoms with Crippen molar-refractivity contribution in [1.29, 1.82) is 0 Å². The van der Waals surface area contributed by atoms with Crippen LogP contribution in [-0.4, -0.2) is 24.0 Å². The lowest BCUT2D eigenvalue weighted by atomic mass is 10.1. The van der Waals surface area contributed by atoms with Gasteiger partial charge in [-0.25, -0.2) is 0 Å². The van der Waals surface area contributed by atoms with E-state index in [1.807, 2.05) is 13.8 Å². The van der Waals surface area contributed by atoms with E-state index in [-0.39, 0.29) is 18.1 Å². The highest BCUT2D eigenvalue weighted by molar-refractivity contribution is 5.96. The van der Waals surface area contributed by atoms with Gasteiger partial charge in [-0.1, -0.05) is 17.9 Å². The van der Waals surface area contributed by atoms with Crippen LogP contribution in [0.15, 0.2) is 41.3 Å². The molecule has 4 nitrogen and oxygen atoms in total. The van der Waals surface area contributed by atoms with Crippen LogP contribution >= 0.6 is 0 Å². The van der Waals surface area contributed by atoms with Crippen LogP contribution in [0, 0.1) is 0 Å². The molecule has 0 fully saturated rings. The van der Waals surface area contributed by atoms with Crippen LogP contribution < -0.4 is 10.5 Å². The summed E-state index contributed by atoms with van der Waals surface area (Å²) in [5.74, 6) is 0.542. The zero-order valence-corrected chi connectivity index (χ0v) is 11.3. The summed E-state index contributed by atoms with van der Waals surface area (Å²) < 4.78 is 5.39. The quantitative estimate of drug-likeness (QED) is 0.469. The first-order chi connectivity index (χ1) is 9.02.